The first-order valence-electron chi connectivity index (χ1n) is 8.11. The van der Waals surface area contributed by atoms with Crippen LogP contribution in [0.5, 0.6) is 11.5 Å². The van der Waals surface area contributed by atoms with E-state index in [0.29, 0.717) is 17.1 Å². The van der Waals surface area contributed by atoms with Crippen molar-refractivity contribution in [2.75, 3.05) is 14.2 Å². The molecular formula is C20H18IN3O3. The van der Waals surface area contributed by atoms with Gasteiger partial charge in [0.05, 0.1) is 35.3 Å². The highest BCUT2D eigenvalue weighted by Crippen LogP contribution is 2.33. The summed E-state index contributed by atoms with van der Waals surface area (Å²) < 4.78 is 13.4. The van der Waals surface area contributed by atoms with Crippen LogP contribution in [0.1, 0.15) is 15.9 Å². The molecule has 1 aromatic heterocycles. The minimum Gasteiger partial charge on any atom is -0.493 e. The summed E-state index contributed by atoms with van der Waals surface area (Å²) in [5.74, 6) is 0.987. The van der Waals surface area contributed by atoms with Crippen LogP contribution in [0.3, 0.4) is 0 Å². The Morgan fingerprint density at radius 3 is 2.56 bits per heavy atom. The molecule has 138 valence electrons. The average molecular weight is 475 g/mol. The van der Waals surface area contributed by atoms with Crippen molar-refractivity contribution in [2.45, 2.75) is 0 Å². The van der Waals surface area contributed by atoms with Gasteiger partial charge in [0.25, 0.3) is 5.91 Å². The van der Waals surface area contributed by atoms with Crippen molar-refractivity contribution in [3.63, 3.8) is 0 Å². The van der Waals surface area contributed by atoms with Gasteiger partial charge in [0.15, 0.2) is 11.5 Å². The van der Waals surface area contributed by atoms with Gasteiger partial charge in [-0.05, 0) is 64.6 Å². The van der Waals surface area contributed by atoms with E-state index in [1.165, 1.54) is 0 Å². The molecule has 0 saturated heterocycles. The van der Waals surface area contributed by atoms with Gasteiger partial charge in [0, 0.05) is 12.4 Å². The Morgan fingerprint density at radius 1 is 1.11 bits per heavy atom. The highest BCUT2D eigenvalue weighted by atomic mass is 127. The van der Waals surface area contributed by atoms with E-state index in [4.69, 9.17) is 9.47 Å². The van der Waals surface area contributed by atoms with Crippen molar-refractivity contribution in [2.24, 2.45) is 5.10 Å². The van der Waals surface area contributed by atoms with Crippen LogP contribution in [0.2, 0.25) is 0 Å². The number of carbonyl (C=O) groups is 1. The molecule has 2 aromatic carbocycles. The third kappa shape index (κ3) is 4.30. The van der Waals surface area contributed by atoms with Gasteiger partial charge in [-0.15, -0.1) is 0 Å². The summed E-state index contributed by atoms with van der Waals surface area (Å²) in [6.07, 6.45) is 5.35. The minimum absolute atomic E-state index is 0.286. The molecule has 0 bridgehead atoms. The Morgan fingerprint density at radius 2 is 1.85 bits per heavy atom. The molecule has 7 heteroatoms. The number of hydrogen-bond acceptors (Lipinski definition) is 4. The van der Waals surface area contributed by atoms with Gasteiger partial charge in [-0.2, -0.15) is 5.10 Å². The molecule has 3 rings (SSSR count). The van der Waals surface area contributed by atoms with Crippen LogP contribution < -0.4 is 14.9 Å². The molecule has 0 radical (unpaired) electrons. The van der Waals surface area contributed by atoms with Gasteiger partial charge >= 0.3 is 0 Å². The van der Waals surface area contributed by atoms with Crippen LogP contribution in [-0.2, 0) is 0 Å². The van der Waals surface area contributed by atoms with E-state index in [1.807, 2.05) is 53.4 Å². The first-order valence-corrected chi connectivity index (χ1v) is 9.19. The third-order valence-electron chi connectivity index (χ3n) is 3.87. The number of nitrogens with one attached hydrogen (secondary N) is 1. The Kier molecular flexibility index (Phi) is 6.12. The van der Waals surface area contributed by atoms with Crippen molar-refractivity contribution in [3.05, 3.63) is 75.6 Å². The van der Waals surface area contributed by atoms with Gasteiger partial charge in [-0.3, -0.25) is 4.79 Å². The standard InChI is InChI=1S/C20H18IN3O3/c1-26-18-12-14(11-16(21)19(18)27-2)13-22-23-20(25)15-7-3-4-8-17(15)24-9-5-6-10-24/h3-13H,1-2H3,(H,23,25)/b22-13-. The number of rotatable bonds is 6. The number of nitrogens with zero attached hydrogens (tertiary/aromatic N) is 2. The lowest BCUT2D eigenvalue weighted by Crippen LogP contribution is -2.19. The molecule has 27 heavy (non-hydrogen) atoms. The molecule has 0 aliphatic carbocycles. The summed E-state index contributed by atoms with van der Waals surface area (Å²) in [6, 6.07) is 14.9. The van der Waals surface area contributed by atoms with Crippen LogP contribution in [0.15, 0.2) is 66.0 Å². The number of aromatic nitrogens is 1. The van der Waals surface area contributed by atoms with Gasteiger partial charge in [0.2, 0.25) is 0 Å². The Labute approximate surface area is 170 Å². The summed E-state index contributed by atoms with van der Waals surface area (Å²) in [7, 11) is 3.17. The van der Waals surface area contributed by atoms with E-state index in [-0.39, 0.29) is 5.91 Å². The van der Waals surface area contributed by atoms with Crippen LogP contribution in [-0.4, -0.2) is 30.9 Å². The Hall–Kier alpha value is -2.81. The number of methoxy groups -OCH3 is 2. The average Bonchev–Trinajstić information content (AvgIpc) is 3.22. The van der Waals surface area contributed by atoms with E-state index in [1.54, 1.807) is 32.6 Å². The van der Waals surface area contributed by atoms with Gasteiger partial charge in [0.1, 0.15) is 0 Å². The molecule has 1 amide bonds. The van der Waals surface area contributed by atoms with Crippen LogP contribution in [0.4, 0.5) is 0 Å². The topological polar surface area (TPSA) is 64.8 Å². The number of halogens is 1. The van der Waals surface area contributed by atoms with E-state index >= 15 is 0 Å². The number of hydrogen-bond donors (Lipinski definition) is 1. The van der Waals surface area contributed by atoms with Gasteiger partial charge in [-0.25, -0.2) is 5.43 Å². The predicted octanol–water partition coefficient (Wildman–Crippen LogP) is 3.86. The molecule has 1 heterocycles. The predicted molar refractivity (Wildman–Crippen MR) is 113 cm³/mol. The zero-order chi connectivity index (χ0) is 19.2. The van der Waals surface area contributed by atoms with Crippen LogP contribution in [0.25, 0.3) is 5.69 Å². The molecule has 0 spiro atoms. The minimum atomic E-state index is -0.286. The zero-order valence-corrected chi connectivity index (χ0v) is 17.0. The largest absolute Gasteiger partial charge is 0.493 e. The van der Waals surface area contributed by atoms with E-state index in [0.717, 1.165) is 14.8 Å². The van der Waals surface area contributed by atoms with Crippen molar-refractivity contribution >= 4 is 34.7 Å². The fourth-order valence-electron chi connectivity index (χ4n) is 2.62. The summed E-state index contributed by atoms with van der Waals surface area (Å²) in [4.78, 5) is 12.6. The fourth-order valence-corrected chi connectivity index (χ4v) is 3.47. The molecule has 0 saturated carbocycles. The number of amides is 1. The SMILES string of the molecule is COc1cc(/C=N\NC(=O)c2ccccc2-n2cccc2)cc(I)c1OC. The first-order chi connectivity index (χ1) is 13.1. The lowest BCUT2D eigenvalue weighted by atomic mass is 10.1. The molecule has 3 aromatic rings. The summed E-state index contributed by atoms with van der Waals surface area (Å²) in [5, 5.41) is 4.08. The maximum Gasteiger partial charge on any atom is 0.273 e. The maximum absolute atomic E-state index is 12.6. The van der Waals surface area contributed by atoms with Crippen molar-refractivity contribution < 1.29 is 14.3 Å². The highest BCUT2D eigenvalue weighted by Gasteiger charge is 2.12. The third-order valence-corrected chi connectivity index (χ3v) is 4.67. The van der Waals surface area contributed by atoms with Crippen molar-refractivity contribution in [1.82, 2.24) is 9.99 Å². The fraction of sp³-hybridized carbons (Fsp3) is 0.100. The molecule has 6 nitrogen and oxygen atoms in total. The molecule has 0 unspecified atom stereocenters. The van der Waals surface area contributed by atoms with Crippen molar-refractivity contribution in [3.8, 4) is 17.2 Å². The monoisotopic (exact) mass is 475 g/mol. The van der Waals surface area contributed by atoms with Crippen molar-refractivity contribution in [1.29, 1.82) is 0 Å². The number of benzene rings is 2. The lowest BCUT2D eigenvalue weighted by molar-refractivity contribution is 0.0955. The van der Waals surface area contributed by atoms with Crippen LogP contribution in [0, 0.1) is 3.57 Å². The molecule has 0 fully saturated rings. The number of ether oxygens (including phenoxy) is 2. The normalized spacial score (nSPS) is 10.8. The van der Waals surface area contributed by atoms with Crippen LogP contribution >= 0.6 is 22.6 Å². The zero-order valence-electron chi connectivity index (χ0n) is 14.8. The highest BCUT2D eigenvalue weighted by molar-refractivity contribution is 14.1. The second-order valence-corrected chi connectivity index (χ2v) is 6.71. The number of carbonyl (C=O) groups excluding carboxylic acids is 1. The second kappa shape index (κ2) is 8.72. The van der Waals surface area contributed by atoms with E-state index in [2.05, 4.69) is 33.1 Å². The quantitative estimate of drug-likeness (QED) is 0.335. The Bertz CT molecular complexity index is 969. The maximum atomic E-state index is 12.6. The summed E-state index contributed by atoms with van der Waals surface area (Å²) >= 11 is 2.16. The van der Waals surface area contributed by atoms with E-state index in [9.17, 15) is 4.79 Å². The smallest absolute Gasteiger partial charge is 0.273 e. The molecule has 1 N–H and O–H groups in total. The van der Waals surface area contributed by atoms with Gasteiger partial charge in [-0.1, -0.05) is 12.1 Å². The Balaban J connectivity index is 1.78. The second-order valence-electron chi connectivity index (χ2n) is 5.54. The molecule has 0 aliphatic heterocycles. The molecule has 0 atom stereocenters. The molecule has 0 aliphatic rings. The van der Waals surface area contributed by atoms with Gasteiger partial charge < -0.3 is 14.0 Å². The number of hydrazone groups is 1. The van der Waals surface area contributed by atoms with E-state index < -0.39 is 0 Å². The number of para-hydroxylation sites is 1. The summed E-state index contributed by atoms with van der Waals surface area (Å²) in [6.45, 7) is 0. The lowest BCUT2D eigenvalue weighted by Gasteiger charge is -2.10. The first kappa shape index (κ1) is 19.0. The summed E-state index contributed by atoms with van der Waals surface area (Å²) in [5.41, 5.74) is 4.69. The molecular weight excluding hydrogens is 457 g/mol.